The molecule has 5 heteroatoms. The summed E-state index contributed by atoms with van der Waals surface area (Å²) < 4.78 is 0. The summed E-state index contributed by atoms with van der Waals surface area (Å²) in [5, 5.41) is 19.8. The zero-order valence-corrected chi connectivity index (χ0v) is 8.99. The predicted octanol–water partition coefficient (Wildman–Crippen LogP) is 0.252. The third kappa shape index (κ3) is 6.48. The summed E-state index contributed by atoms with van der Waals surface area (Å²) in [6.45, 7) is 1.45. The smallest absolute Gasteiger partial charge is 0.223 e. The number of hydrogen-bond acceptors (Lipinski definition) is 4. The Balaban J connectivity index is 4.04. The Morgan fingerprint density at radius 3 is 2.20 bits per heavy atom. The van der Waals surface area contributed by atoms with Gasteiger partial charge in [0.1, 0.15) is 0 Å². The zero-order valence-electron chi connectivity index (χ0n) is 8.99. The van der Waals surface area contributed by atoms with Gasteiger partial charge < -0.3 is 10.2 Å². The van der Waals surface area contributed by atoms with E-state index in [2.05, 4.69) is 5.32 Å². The van der Waals surface area contributed by atoms with E-state index in [-0.39, 0.29) is 5.91 Å². The van der Waals surface area contributed by atoms with Crippen LogP contribution in [-0.4, -0.2) is 37.5 Å². The van der Waals surface area contributed by atoms with Crippen molar-refractivity contribution in [3.63, 3.8) is 0 Å². The van der Waals surface area contributed by atoms with Gasteiger partial charge in [-0.2, -0.15) is 10.5 Å². The lowest BCUT2D eigenvalue weighted by atomic mass is 10.3. The van der Waals surface area contributed by atoms with E-state index in [1.54, 1.807) is 11.9 Å². The van der Waals surface area contributed by atoms with E-state index in [1.807, 2.05) is 12.1 Å². The first kappa shape index (κ1) is 13.4. The van der Waals surface area contributed by atoms with Crippen molar-refractivity contribution in [2.24, 2.45) is 0 Å². The number of hydrogen-bond donors (Lipinski definition) is 1. The van der Waals surface area contributed by atoms with E-state index in [4.69, 9.17) is 10.5 Å². The minimum absolute atomic E-state index is 0.00477. The monoisotopic (exact) mass is 208 g/mol. The Bertz CT molecular complexity index is 246. The minimum atomic E-state index is -0.00477. The van der Waals surface area contributed by atoms with E-state index in [0.717, 1.165) is 0 Å². The summed E-state index contributed by atoms with van der Waals surface area (Å²) in [6, 6.07) is 3.99. The van der Waals surface area contributed by atoms with Crippen molar-refractivity contribution in [3.8, 4) is 12.1 Å². The highest BCUT2D eigenvalue weighted by Crippen LogP contribution is 1.97. The summed E-state index contributed by atoms with van der Waals surface area (Å²) in [5.74, 6) is -0.00477. The van der Waals surface area contributed by atoms with Gasteiger partial charge >= 0.3 is 0 Å². The number of rotatable bonds is 7. The number of carbonyl (C=O) groups is 1. The van der Waals surface area contributed by atoms with Gasteiger partial charge in [0.15, 0.2) is 0 Å². The fourth-order valence-electron chi connectivity index (χ4n) is 1.12. The van der Waals surface area contributed by atoms with Gasteiger partial charge in [-0.25, -0.2) is 0 Å². The van der Waals surface area contributed by atoms with Crippen LogP contribution in [0.2, 0.25) is 0 Å². The Morgan fingerprint density at radius 2 is 1.80 bits per heavy atom. The standard InChI is InChI=1S/C10H16N4O/c1-13-7-4-10(15)14(8-2-5-11)9-3-6-12/h13H,2-4,7-9H2,1H3. The van der Waals surface area contributed by atoms with Crippen molar-refractivity contribution >= 4 is 5.91 Å². The molecule has 0 fully saturated rings. The number of carbonyl (C=O) groups excluding carboxylic acids is 1. The molecule has 0 heterocycles. The lowest BCUT2D eigenvalue weighted by Crippen LogP contribution is -2.34. The second-order valence-corrected chi connectivity index (χ2v) is 3.05. The molecule has 0 aliphatic carbocycles. The highest BCUT2D eigenvalue weighted by Gasteiger charge is 2.11. The molecule has 0 aliphatic heterocycles. The second-order valence-electron chi connectivity index (χ2n) is 3.05. The average Bonchev–Trinajstić information content (AvgIpc) is 2.26. The molecule has 0 atom stereocenters. The van der Waals surface area contributed by atoms with Crippen molar-refractivity contribution < 1.29 is 4.79 Å². The van der Waals surface area contributed by atoms with Crippen LogP contribution in [0.4, 0.5) is 0 Å². The molecule has 1 amide bonds. The van der Waals surface area contributed by atoms with E-state index >= 15 is 0 Å². The van der Waals surface area contributed by atoms with Crippen LogP contribution in [0.25, 0.3) is 0 Å². The van der Waals surface area contributed by atoms with Crippen molar-refractivity contribution in [1.29, 1.82) is 10.5 Å². The molecule has 0 radical (unpaired) electrons. The molecule has 0 aromatic heterocycles. The summed E-state index contributed by atoms with van der Waals surface area (Å²) in [7, 11) is 1.78. The topological polar surface area (TPSA) is 79.9 Å². The molecule has 0 rings (SSSR count). The van der Waals surface area contributed by atoms with E-state index in [1.165, 1.54) is 0 Å². The molecule has 0 aliphatic rings. The largest absolute Gasteiger partial charge is 0.341 e. The molecule has 0 spiro atoms. The molecule has 5 nitrogen and oxygen atoms in total. The number of amides is 1. The molecule has 0 saturated heterocycles. The van der Waals surface area contributed by atoms with Crippen molar-refractivity contribution in [1.82, 2.24) is 10.2 Å². The molecule has 0 unspecified atom stereocenters. The highest BCUT2D eigenvalue weighted by atomic mass is 16.2. The molecule has 15 heavy (non-hydrogen) atoms. The Labute approximate surface area is 90.3 Å². The van der Waals surface area contributed by atoms with Crippen LogP contribution in [-0.2, 0) is 4.79 Å². The van der Waals surface area contributed by atoms with Crippen LogP contribution >= 0.6 is 0 Å². The predicted molar refractivity (Wildman–Crippen MR) is 55.6 cm³/mol. The van der Waals surface area contributed by atoms with Crippen LogP contribution in [0, 0.1) is 22.7 Å². The Morgan fingerprint density at radius 1 is 1.27 bits per heavy atom. The maximum Gasteiger partial charge on any atom is 0.223 e. The molecule has 82 valence electrons. The van der Waals surface area contributed by atoms with Gasteiger partial charge in [0, 0.05) is 26.1 Å². The zero-order chi connectivity index (χ0) is 11.5. The molecular formula is C10H16N4O. The van der Waals surface area contributed by atoms with Gasteiger partial charge in [0.2, 0.25) is 5.91 Å². The number of nitriles is 2. The molecule has 0 aromatic rings. The summed E-state index contributed by atoms with van der Waals surface area (Å²) >= 11 is 0. The quantitative estimate of drug-likeness (QED) is 0.650. The SMILES string of the molecule is CNCCC(=O)N(CCC#N)CCC#N. The molecule has 1 N–H and O–H groups in total. The van der Waals surface area contributed by atoms with Gasteiger partial charge in [-0.1, -0.05) is 0 Å². The summed E-state index contributed by atoms with van der Waals surface area (Å²) in [6.07, 6.45) is 1.04. The highest BCUT2D eigenvalue weighted by molar-refractivity contribution is 5.76. The maximum atomic E-state index is 11.6. The van der Waals surface area contributed by atoms with Crippen LogP contribution in [0.5, 0.6) is 0 Å². The van der Waals surface area contributed by atoms with Gasteiger partial charge in [-0.05, 0) is 7.05 Å². The Hall–Kier alpha value is -1.59. The Kier molecular flexibility index (Phi) is 8.03. The van der Waals surface area contributed by atoms with E-state index in [0.29, 0.717) is 38.9 Å². The third-order valence-corrected chi connectivity index (χ3v) is 1.93. The number of nitrogens with zero attached hydrogens (tertiary/aromatic N) is 3. The average molecular weight is 208 g/mol. The van der Waals surface area contributed by atoms with Gasteiger partial charge in [-0.3, -0.25) is 4.79 Å². The van der Waals surface area contributed by atoms with Gasteiger partial charge in [-0.15, -0.1) is 0 Å². The van der Waals surface area contributed by atoms with Crippen molar-refractivity contribution in [2.75, 3.05) is 26.7 Å². The molecular weight excluding hydrogens is 192 g/mol. The van der Waals surface area contributed by atoms with E-state index < -0.39 is 0 Å². The maximum absolute atomic E-state index is 11.6. The van der Waals surface area contributed by atoms with Crippen molar-refractivity contribution in [2.45, 2.75) is 19.3 Å². The normalized spacial score (nSPS) is 9.00. The van der Waals surface area contributed by atoms with Crippen LogP contribution in [0.3, 0.4) is 0 Å². The summed E-state index contributed by atoms with van der Waals surface area (Å²) in [4.78, 5) is 13.2. The molecule has 0 saturated carbocycles. The van der Waals surface area contributed by atoms with Crippen LogP contribution < -0.4 is 5.32 Å². The molecule has 0 aromatic carbocycles. The first-order valence-electron chi connectivity index (χ1n) is 4.92. The van der Waals surface area contributed by atoms with Gasteiger partial charge in [0.05, 0.1) is 25.0 Å². The fraction of sp³-hybridized carbons (Fsp3) is 0.700. The lowest BCUT2D eigenvalue weighted by molar-refractivity contribution is -0.131. The third-order valence-electron chi connectivity index (χ3n) is 1.93. The first-order chi connectivity index (χ1) is 7.26. The summed E-state index contributed by atoms with van der Waals surface area (Å²) in [5.41, 5.74) is 0. The lowest BCUT2D eigenvalue weighted by Gasteiger charge is -2.20. The van der Waals surface area contributed by atoms with E-state index in [9.17, 15) is 4.79 Å². The van der Waals surface area contributed by atoms with Gasteiger partial charge in [0.25, 0.3) is 0 Å². The first-order valence-corrected chi connectivity index (χ1v) is 4.92. The fourth-order valence-corrected chi connectivity index (χ4v) is 1.12. The number of nitrogens with one attached hydrogen (secondary N) is 1. The second kappa shape index (κ2) is 8.98. The molecule has 0 bridgehead atoms. The minimum Gasteiger partial charge on any atom is -0.341 e. The van der Waals surface area contributed by atoms with Crippen LogP contribution in [0.15, 0.2) is 0 Å². The van der Waals surface area contributed by atoms with Crippen molar-refractivity contribution in [3.05, 3.63) is 0 Å². The van der Waals surface area contributed by atoms with Crippen LogP contribution in [0.1, 0.15) is 19.3 Å².